The van der Waals surface area contributed by atoms with Crippen LogP contribution < -0.4 is 15.9 Å². The number of aromatic hydroxyl groups is 1. The van der Waals surface area contributed by atoms with Gasteiger partial charge in [0.2, 0.25) is 0 Å². The van der Waals surface area contributed by atoms with Gasteiger partial charge in [0.1, 0.15) is 0 Å². The molecule has 0 aliphatic rings. The fraction of sp³-hybridized carbons (Fsp3) is 0.111. The fourth-order valence-electron chi connectivity index (χ4n) is 0.945. The molecule has 0 fully saturated rings. The highest BCUT2D eigenvalue weighted by Crippen LogP contribution is 2.25. The van der Waals surface area contributed by atoms with E-state index in [1.165, 1.54) is 19.4 Å². The number of methoxy groups -OCH3 is 1. The van der Waals surface area contributed by atoms with Crippen molar-refractivity contribution in [2.45, 2.75) is 0 Å². The van der Waals surface area contributed by atoms with Crippen LogP contribution in [-0.4, -0.2) is 23.5 Å². The molecule has 0 saturated heterocycles. The van der Waals surface area contributed by atoms with Crippen LogP contribution in [0.5, 0.6) is 11.5 Å². The highest BCUT2D eigenvalue weighted by molar-refractivity contribution is 7.80. The van der Waals surface area contributed by atoms with Crippen LogP contribution in [-0.2, 0) is 0 Å². The number of nitrogens with one attached hydrogen (secondary N) is 1. The van der Waals surface area contributed by atoms with Crippen molar-refractivity contribution in [2.24, 2.45) is 10.8 Å². The highest BCUT2D eigenvalue weighted by atomic mass is 32.1. The van der Waals surface area contributed by atoms with Crippen molar-refractivity contribution in [3.05, 3.63) is 23.8 Å². The van der Waals surface area contributed by atoms with Gasteiger partial charge in [0.25, 0.3) is 0 Å². The Hall–Kier alpha value is -1.82. The van der Waals surface area contributed by atoms with E-state index in [4.69, 9.17) is 10.5 Å². The number of phenolic OH excluding ortho intramolecular Hbond substituents is 1. The third-order valence-corrected chi connectivity index (χ3v) is 1.68. The van der Waals surface area contributed by atoms with Gasteiger partial charge in [-0.3, -0.25) is 5.43 Å². The molecule has 0 aliphatic carbocycles. The van der Waals surface area contributed by atoms with Crippen LogP contribution in [0.1, 0.15) is 5.56 Å². The van der Waals surface area contributed by atoms with Crippen molar-refractivity contribution in [3.63, 3.8) is 0 Å². The zero-order valence-electron chi connectivity index (χ0n) is 8.10. The van der Waals surface area contributed by atoms with Crippen molar-refractivity contribution in [3.8, 4) is 11.5 Å². The molecule has 1 aromatic carbocycles. The predicted molar refractivity (Wildman–Crippen MR) is 62.2 cm³/mol. The lowest BCUT2D eigenvalue weighted by Crippen LogP contribution is -2.23. The number of phenols is 1. The number of hydrazone groups is 1. The number of thiocarbonyl (C=S) groups is 1. The van der Waals surface area contributed by atoms with Crippen LogP contribution in [0.4, 0.5) is 0 Å². The molecule has 0 heterocycles. The average Bonchev–Trinajstić information content (AvgIpc) is 2.20. The number of hydrogen-bond acceptors (Lipinski definition) is 4. The van der Waals surface area contributed by atoms with E-state index >= 15 is 0 Å². The van der Waals surface area contributed by atoms with E-state index in [0.29, 0.717) is 5.75 Å². The molecule has 0 saturated carbocycles. The Kier molecular flexibility index (Phi) is 3.87. The summed E-state index contributed by atoms with van der Waals surface area (Å²) in [5.41, 5.74) is 8.36. The minimum absolute atomic E-state index is 0.0805. The fourth-order valence-corrected chi connectivity index (χ4v) is 0.998. The molecule has 0 aliphatic heterocycles. The maximum Gasteiger partial charge on any atom is 0.184 e. The molecule has 15 heavy (non-hydrogen) atoms. The average molecular weight is 225 g/mol. The van der Waals surface area contributed by atoms with Crippen molar-refractivity contribution in [1.82, 2.24) is 5.43 Å². The molecule has 80 valence electrons. The van der Waals surface area contributed by atoms with Crippen molar-refractivity contribution >= 4 is 23.5 Å². The number of hydrogen-bond donors (Lipinski definition) is 3. The van der Waals surface area contributed by atoms with Crippen molar-refractivity contribution in [2.75, 3.05) is 7.11 Å². The molecule has 0 amide bonds. The maximum absolute atomic E-state index is 9.32. The zero-order valence-corrected chi connectivity index (χ0v) is 8.91. The van der Waals surface area contributed by atoms with E-state index in [-0.39, 0.29) is 10.9 Å². The lowest BCUT2D eigenvalue weighted by Gasteiger charge is -2.03. The van der Waals surface area contributed by atoms with Crippen LogP contribution in [0, 0.1) is 0 Å². The minimum atomic E-state index is 0.0805. The molecule has 0 radical (unpaired) electrons. The summed E-state index contributed by atoms with van der Waals surface area (Å²) in [6.45, 7) is 0. The monoisotopic (exact) mass is 225 g/mol. The van der Waals surface area contributed by atoms with E-state index in [1.807, 2.05) is 0 Å². The van der Waals surface area contributed by atoms with Gasteiger partial charge in [-0.15, -0.1) is 0 Å². The number of benzene rings is 1. The molecule has 0 atom stereocenters. The molecular formula is C9H11N3O2S. The summed E-state index contributed by atoms with van der Waals surface area (Å²) >= 11 is 4.57. The zero-order chi connectivity index (χ0) is 11.3. The first-order valence-corrected chi connectivity index (χ1v) is 4.50. The van der Waals surface area contributed by atoms with Crippen molar-refractivity contribution in [1.29, 1.82) is 0 Å². The summed E-state index contributed by atoms with van der Waals surface area (Å²) in [6, 6.07) is 4.84. The molecule has 0 bridgehead atoms. The summed E-state index contributed by atoms with van der Waals surface area (Å²) in [5, 5.41) is 13.2. The standard InChI is InChI=1S/C9H11N3O2S/c1-14-8-4-6(2-3-7(8)13)5-11-12-9(10)15/h2-5,13H,1H3,(H3,10,12,15)/b11-5+. The Balaban J connectivity index is 2.78. The van der Waals surface area contributed by atoms with Gasteiger partial charge in [0, 0.05) is 0 Å². The second-order valence-corrected chi connectivity index (χ2v) is 3.11. The van der Waals surface area contributed by atoms with Crippen LogP contribution in [0.2, 0.25) is 0 Å². The third-order valence-electron chi connectivity index (χ3n) is 1.59. The largest absolute Gasteiger partial charge is 0.504 e. The minimum Gasteiger partial charge on any atom is -0.504 e. The third kappa shape index (κ3) is 3.43. The maximum atomic E-state index is 9.32. The Bertz CT molecular complexity index is 393. The summed E-state index contributed by atoms with van der Waals surface area (Å²) in [5.74, 6) is 0.464. The molecule has 5 nitrogen and oxygen atoms in total. The quantitative estimate of drug-likeness (QED) is 0.398. The summed E-state index contributed by atoms with van der Waals surface area (Å²) < 4.78 is 4.93. The van der Waals surface area contributed by atoms with Crippen LogP contribution >= 0.6 is 12.2 Å². The van der Waals surface area contributed by atoms with Gasteiger partial charge in [-0.1, -0.05) is 0 Å². The van der Waals surface area contributed by atoms with Gasteiger partial charge in [-0.25, -0.2) is 0 Å². The molecule has 0 aromatic heterocycles. The van der Waals surface area contributed by atoms with Gasteiger partial charge in [0.15, 0.2) is 16.6 Å². The van der Waals surface area contributed by atoms with Crippen LogP contribution in [0.25, 0.3) is 0 Å². The smallest absolute Gasteiger partial charge is 0.184 e. The van der Waals surface area contributed by atoms with Crippen molar-refractivity contribution < 1.29 is 9.84 Å². The first-order chi connectivity index (χ1) is 7.13. The van der Waals surface area contributed by atoms with E-state index in [2.05, 4.69) is 22.7 Å². The predicted octanol–water partition coefficient (Wildman–Crippen LogP) is 0.568. The Labute approximate surface area is 92.5 Å². The number of ether oxygens (including phenoxy) is 1. The van der Waals surface area contributed by atoms with E-state index in [1.54, 1.807) is 12.1 Å². The van der Waals surface area contributed by atoms with Crippen LogP contribution in [0.3, 0.4) is 0 Å². The van der Waals surface area contributed by atoms with E-state index in [0.717, 1.165) is 5.56 Å². The van der Waals surface area contributed by atoms with Gasteiger partial charge in [-0.2, -0.15) is 5.10 Å². The number of nitrogens with zero attached hydrogens (tertiary/aromatic N) is 1. The number of nitrogens with two attached hydrogens (primary N) is 1. The molecule has 0 unspecified atom stereocenters. The molecular weight excluding hydrogens is 214 g/mol. The molecule has 0 spiro atoms. The highest BCUT2D eigenvalue weighted by Gasteiger charge is 2.00. The molecule has 1 aromatic rings. The summed E-state index contributed by atoms with van der Waals surface area (Å²) in [4.78, 5) is 0. The van der Waals surface area contributed by atoms with Crippen LogP contribution in [0.15, 0.2) is 23.3 Å². The summed E-state index contributed by atoms with van der Waals surface area (Å²) in [7, 11) is 1.48. The lowest BCUT2D eigenvalue weighted by atomic mass is 10.2. The first-order valence-electron chi connectivity index (χ1n) is 4.09. The summed E-state index contributed by atoms with van der Waals surface area (Å²) in [6.07, 6.45) is 1.52. The van der Waals surface area contributed by atoms with Gasteiger partial charge in [-0.05, 0) is 36.0 Å². The van der Waals surface area contributed by atoms with Gasteiger partial charge < -0.3 is 15.6 Å². The molecule has 1 rings (SSSR count). The second-order valence-electron chi connectivity index (χ2n) is 2.67. The van der Waals surface area contributed by atoms with E-state index in [9.17, 15) is 5.11 Å². The molecule has 4 N–H and O–H groups in total. The Morgan fingerprint density at radius 1 is 1.67 bits per heavy atom. The Morgan fingerprint density at radius 2 is 2.40 bits per heavy atom. The topological polar surface area (TPSA) is 79.9 Å². The molecule has 6 heteroatoms. The normalized spacial score (nSPS) is 10.2. The number of rotatable bonds is 3. The second kappa shape index (κ2) is 5.16. The lowest BCUT2D eigenvalue weighted by molar-refractivity contribution is 0.373. The van der Waals surface area contributed by atoms with Gasteiger partial charge >= 0.3 is 0 Å². The first kappa shape index (κ1) is 11.3. The van der Waals surface area contributed by atoms with E-state index < -0.39 is 0 Å². The Morgan fingerprint density at radius 3 is 3.00 bits per heavy atom. The van der Waals surface area contributed by atoms with Gasteiger partial charge in [0.05, 0.1) is 13.3 Å². The SMILES string of the molecule is COc1cc(/C=N/NC(N)=S)ccc1O.